The number of halogens is 1. The van der Waals surface area contributed by atoms with Gasteiger partial charge in [0.2, 0.25) is 0 Å². The van der Waals surface area contributed by atoms with Crippen LogP contribution in [0.5, 0.6) is 0 Å². The van der Waals surface area contributed by atoms with Gasteiger partial charge in [-0.2, -0.15) is 0 Å². The summed E-state index contributed by atoms with van der Waals surface area (Å²) in [5.41, 5.74) is 0.884. The highest BCUT2D eigenvalue weighted by Crippen LogP contribution is 2.15. The van der Waals surface area contributed by atoms with E-state index in [1.54, 1.807) is 6.20 Å². The lowest BCUT2D eigenvalue weighted by molar-refractivity contribution is 1.18. The van der Waals surface area contributed by atoms with Crippen LogP contribution < -0.4 is 0 Å². The SMILES string of the molecule is C=C(Cl)c1ncc2ccccc2n1. The van der Waals surface area contributed by atoms with Crippen LogP contribution in [-0.2, 0) is 0 Å². The largest absolute Gasteiger partial charge is 0.235 e. The Kier molecular flexibility index (Phi) is 1.99. The molecule has 0 aliphatic rings. The maximum atomic E-state index is 5.68. The van der Waals surface area contributed by atoms with Crippen LogP contribution in [0, 0.1) is 0 Å². The fraction of sp³-hybridized carbons (Fsp3) is 0. The monoisotopic (exact) mass is 190 g/mol. The van der Waals surface area contributed by atoms with Gasteiger partial charge in [0.25, 0.3) is 0 Å². The molecule has 0 N–H and O–H groups in total. The Labute approximate surface area is 80.9 Å². The molecule has 2 nitrogen and oxygen atoms in total. The van der Waals surface area contributed by atoms with E-state index in [2.05, 4.69) is 16.5 Å². The maximum Gasteiger partial charge on any atom is 0.170 e. The first-order valence-electron chi connectivity index (χ1n) is 3.84. The molecule has 2 rings (SSSR count). The lowest BCUT2D eigenvalue weighted by Crippen LogP contribution is -1.89. The fourth-order valence-electron chi connectivity index (χ4n) is 1.10. The van der Waals surface area contributed by atoms with E-state index in [1.807, 2.05) is 24.3 Å². The van der Waals surface area contributed by atoms with Crippen molar-refractivity contribution in [2.45, 2.75) is 0 Å². The zero-order valence-corrected chi connectivity index (χ0v) is 7.62. The number of para-hydroxylation sites is 1. The summed E-state index contributed by atoms with van der Waals surface area (Å²) in [6, 6.07) is 7.74. The second-order valence-corrected chi connectivity index (χ2v) is 3.11. The molecule has 2 aromatic rings. The third-order valence-electron chi connectivity index (χ3n) is 1.73. The van der Waals surface area contributed by atoms with Gasteiger partial charge in [-0.05, 0) is 6.07 Å². The van der Waals surface area contributed by atoms with E-state index in [0.717, 1.165) is 10.9 Å². The van der Waals surface area contributed by atoms with Crippen molar-refractivity contribution in [3.63, 3.8) is 0 Å². The third-order valence-corrected chi connectivity index (χ3v) is 1.90. The molecule has 3 heteroatoms. The Morgan fingerprint density at radius 2 is 2.08 bits per heavy atom. The Hall–Kier alpha value is -1.41. The minimum Gasteiger partial charge on any atom is -0.235 e. The highest BCUT2D eigenvalue weighted by Gasteiger charge is 1.99. The summed E-state index contributed by atoms with van der Waals surface area (Å²) in [4.78, 5) is 8.30. The molecule has 0 aliphatic heterocycles. The minimum absolute atomic E-state index is 0.366. The molecule has 0 saturated heterocycles. The van der Waals surface area contributed by atoms with Crippen molar-refractivity contribution >= 4 is 27.5 Å². The van der Waals surface area contributed by atoms with Crippen molar-refractivity contribution < 1.29 is 0 Å². The highest BCUT2D eigenvalue weighted by molar-refractivity contribution is 6.47. The van der Waals surface area contributed by atoms with Gasteiger partial charge < -0.3 is 0 Å². The molecule has 0 fully saturated rings. The van der Waals surface area contributed by atoms with Crippen LogP contribution in [0.2, 0.25) is 0 Å². The number of rotatable bonds is 1. The summed E-state index contributed by atoms with van der Waals surface area (Å²) in [5.74, 6) is 0.486. The van der Waals surface area contributed by atoms with Crippen molar-refractivity contribution in [2.75, 3.05) is 0 Å². The van der Waals surface area contributed by atoms with Crippen molar-refractivity contribution in [3.8, 4) is 0 Å². The average molecular weight is 191 g/mol. The zero-order valence-electron chi connectivity index (χ0n) is 6.87. The molecule has 0 aliphatic carbocycles. The van der Waals surface area contributed by atoms with Crippen LogP contribution in [-0.4, -0.2) is 9.97 Å². The maximum absolute atomic E-state index is 5.68. The van der Waals surface area contributed by atoms with E-state index in [0.29, 0.717) is 10.9 Å². The van der Waals surface area contributed by atoms with Gasteiger partial charge in [-0.1, -0.05) is 36.4 Å². The number of aromatic nitrogens is 2. The number of benzene rings is 1. The summed E-state index contributed by atoms with van der Waals surface area (Å²) < 4.78 is 0. The standard InChI is InChI=1S/C10H7ClN2/c1-7(11)10-12-6-8-4-2-3-5-9(8)13-10/h2-6H,1H2. The molecule has 0 radical (unpaired) electrons. The smallest absolute Gasteiger partial charge is 0.170 e. The number of nitrogens with zero attached hydrogens (tertiary/aromatic N) is 2. The van der Waals surface area contributed by atoms with Crippen LogP contribution in [0.4, 0.5) is 0 Å². The van der Waals surface area contributed by atoms with E-state index < -0.39 is 0 Å². The fourth-order valence-corrected chi connectivity index (χ4v) is 1.19. The van der Waals surface area contributed by atoms with Crippen LogP contribution in [0.1, 0.15) is 5.82 Å². The summed E-state index contributed by atoms with van der Waals surface area (Å²) >= 11 is 5.68. The first-order chi connectivity index (χ1) is 6.27. The zero-order chi connectivity index (χ0) is 9.26. The molecule has 1 aromatic carbocycles. The van der Waals surface area contributed by atoms with Crippen LogP contribution >= 0.6 is 11.6 Å². The van der Waals surface area contributed by atoms with Gasteiger partial charge in [-0.15, -0.1) is 0 Å². The second kappa shape index (κ2) is 3.15. The summed E-state index contributed by atoms with van der Waals surface area (Å²) in [5, 5.41) is 1.37. The molecule has 0 unspecified atom stereocenters. The van der Waals surface area contributed by atoms with Crippen LogP contribution in [0.15, 0.2) is 37.0 Å². The van der Waals surface area contributed by atoms with Crippen molar-refractivity contribution in [1.29, 1.82) is 0 Å². The molecule has 0 spiro atoms. The van der Waals surface area contributed by atoms with Crippen LogP contribution in [0.25, 0.3) is 15.9 Å². The molecule has 0 bridgehead atoms. The second-order valence-electron chi connectivity index (χ2n) is 2.66. The van der Waals surface area contributed by atoms with E-state index in [-0.39, 0.29) is 0 Å². The van der Waals surface area contributed by atoms with Crippen molar-refractivity contribution in [1.82, 2.24) is 9.97 Å². The third kappa shape index (κ3) is 1.53. The lowest BCUT2D eigenvalue weighted by atomic mass is 10.2. The van der Waals surface area contributed by atoms with E-state index in [1.165, 1.54) is 0 Å². The van der Waals surface area contributed by atoms with Gasteiger partial charge in [0.1, 0.15) is 0 Å². The summed E-state index contributed by atoms with van der Waals surface area (Å²) in [7, 11) is 0. The van der Waals surface area contributed by atoms with E-state index in [4.69, 9.17) is 11.6 Å². The first-order valence-corrected chi connectivity index (χ1v) is 4.22. The number of hydrogen-bond acceptors (Lipinski definition) is 2. The van der Waals surface area contributed by atoms with Crippen molar-refractivity contribution in [2.24, 2.45) is 0 Å². The average Bonchev–Trinajstić information content (AvgIpc) is 2.17. The van der Waals surface area contributed by atoms with Gasteiger partial charge in [0.15, 0.2) is 5.82 Å². The molecule has 13 heavy (non-hydrogen) atoms. The van der Waals surface area contributed by atoms with Crippen LogP contribution in [0.3, 0.4) is 0 Å². The molecule has 1 heterocycles. The topological polar surface area (TPSA) is 25.8 Å². The molecule has 1 aromatic heterocycles. The molecule has 0 saturated carbocycles. The van der Waals surface area contributed by atoms with E-state index in [9.17, 15) is 0 Å². The predicted molar refractivity (Wildman–Crippen MR) is 54.4 cm³/mol. The molecule has 64 valence electrons. The first kappa shape index (κ1) is 8.20. The van der Waals surface area contributed by atoms with E-state index >= 15 is 0 Å². The molecular weight excluding hydrogens is 184 g/mol. The van der Waals surface area contributed by atoms with Gasteiger partial charge in [-0.25, -0.2) is 9.97 Å². The van der Waals surface area contributed by atoms with Gasteiger partial charge in [0.05, 0.1) is 10.5 Å². The molecule has 0 atom stereocenters. The lowest BCUT2D eigenvalue weighted by Gasteiger charge is -1.98. The Morgan fingerprint density at radius 1 is 1.31 bits per heavy atom. The summed E-state index contributed by atoms with van der Waals surface area (Å²) in [6.07, 6.45) is 1.74. The predicted octanol–water partition coefficient (Wildman–Crippen LogP) is 2.84. The Bertz CT molecular complexity index is 465. The molecular formula is C10H7ClN2. The quantitative estimate of drug-likeness (QED) is 0.691. The summed E-state index contributed by atoms with van der Waals surface area (Å²) in [6.45, 7) is 3.57. The number of fused-ring (bicyclic) bond motifs is 1. The minimum atomic E-state index is 0.366. The highest BCUT2D eigenvalue weighted by atomic mass is 35.5. The van der Waals surface area contributed by atoms with Gasteiger partial charge >= 0.3 is 0 Å². The molecule has 0 amide bonds. The normalized spacial score (nSPS) is 10.2. The van der Waals surface area contributed by atoms with Crippen molar-refractivity contribution in [3.05, 3.63) is 42.9 Å². The Balaban J connectivity index is 2.69. The van der Waals surface area contributed by atoms with Gasteiger partial charge in [-0.3, -0.25) is 0 Å². The Morgan fingerprint density at radius 3 is 2.85 bits per heavy atom. The van der Waals surface area contributed by atoms with Gasteiger partial charge in [0, 0.05) is 11.6 Å². The number of hydrogen-bond donors (Lipinski definition) is 0.